The van der Waals surface area contributed by atoms with Gasteiger partial charge in [0, 0.05) is 24.8 Å². The van der Waals surface area contributed by atoms with E-state index in [1.54, 1.807) is 23.4 Å². The molecule has 4 rings (SSSR count). The minimum absolute atomic E-state index is 0.259. The third kappa shape index (κ3) is 4.08. The molecule has 2 N–H and O–H groups in total. The summed E-state index contributed by atoms with van der Waals surface area (Å²) in [5.74, 6) is 0.554. The molecule has 1 aliphatic heterocycles. The van der Waals surface area contributed by atoms with Gasteiger partial charge in [0.2, 0.25) is 0 Å². The summed E-state index contributed by atoms with van der Waals surface area (Å²) in [6, 6.07) is 15.0. The van der Waals surface area contributed by atoms with E-state index in [-0.39, 0.29) is 6.03 Å². The Labute approximate surface area is 175 Å². The Hall–Kier alpha value is -3.92. The third-order valence-corrected chi connectivity index (χ3v) is 4.95. The number of nitriles is 1. The van der Waals surface area contributed by atoms with Gasteiger partial charge in [-0.05, 0) is 49.6 Å². The lowest BCUT2D eigenvalue weighted by Gasteiger charge is -2.27. The predicted octanol–water partition coefficient (Wildman–Crippen LogP) is 4.57. The summed E-state index contributed by atoms with van der Waals surface area (Å²) in [5, 5.41) is 15.8. The Bertz CT molecular complexity index is 1120. The third-order valence-electron chi connectivity index (χ3n) is 4.95. The van der Waals surface area contributed by atoms with E-state index in [9.17, 15) is 10.1 Å². The highest BCUT2D eigenvalue weighted by Crippen LogP contribution is 2.31. The molecule has 7 nitrogen and oxygen atoms in total. The maximum atomic E-state index is 13.1. The molecule has 0 radical (unpaired) electrons. The number of hydrogen-bond acceptors (Lipinski definition) is 5. The summed E-state index contributed by atoms with van der Waals surface area (Å²) >= 11 is 0. The lowest BCUT2D eigenvalue weighted by Crippen LogP contribution is -2.38. The number of nitrogens with zero attached hydrogens (tertiary/aromatic N) is 4. The van der Waals surface area contributed by atoms with Gasteiger partial charge in [-0.3, -0.25) is 9.88 Å². The first kappa shape index (κ1) is 19.4. The molecule has 0 saturated heterocycles. The highest BCUT2D eigenvalue weighted by molar-refractivity contribution is 6.03. The summed E-state index contributed by atoms with van der Waals surface area (Å²) in [4.78, 5) is 23.7. The number of pyridine rings is 2. The second-order valence-electron chi connectivity index (χ2n) is 7.19. The zero-order valence-electron chi connectivity index (χ0n) is 16.7. The molecule has 30 heavy (non-hydrogen) atoms. The fraction of sp³-hybridized carbons (Fsp3) is 0.217. The van der Waals surface area contributed by atoms with Gasteiger partial charge in [0.05, 0.1) is 34.9 Å². The number of fused-ring (bicyclic) bond motifs is 1. The number of anilines is 3. The SMILES string of the molecule is Cc1cncc(NC(=O)N2CCCCNc3ccc(-c4ccccc4C#N)nc32)c1. The van der Waals surface area contributed by atoms with Gasteiger partial charge in [-0.15, -0.1) is 0 Å². The number of carbonyl (C=O) groups is 1. The zero-order valence-corrected chi connectivity index (χ0v) is 16.7. The average Bonchev–Trinajstić information content (AvgIpc) is 2.74. The fourth-order valence-electron chi connectivity index (χ4n) is 3.48. The van der Waals surface area contributed by atoms with Gasteiger partial charge in [-0.2, -0.15) is 5.26 Å². The number of nitrogens with one attached hydrogen (secondary N) is 2. The molecule has 0 bridgehead atoms. The minimum atomic E-state index is -0.259. The van der Waals surface area contributed by atoms with E-state index in [4.69, 9.17) is 4.98 Å². The molecule has 3 heterocycles. The molecular formula is C23H22N6O. The van der Waals surface area contributed by atoms with Gasteiger partial charge in [-0.25, -0.2) is 9.78 Å². The first-order valence-electron chi connectivity index (χ1n) is 9.90. The number of rotatable bonds is 2. The number of carbonyl (C=O) groups excluding carboxylic acids is 1. The van der Waals surface area contributed by atoms with Crippen LogP contribution < -0.4 is 15.5 Å². The van der Waals surface area contributed by atoms with Gasteiger partial charge in [-0.1, -0.05) is 18.2 Å². The van der Waals surface area contributed by atoms with Gasteiger partial charge in [0.1, 0.15) is 0 Å². The predicted molar refractivity (Wildman–Crippen MR) is 117 cm³/mol. The number of amides is 2. The standard InChI is InChI=1S/C23H22N6O/c1-16-12-18(15-25-14-16)27-23(30)29-11-5-4-10-26-21-9-8-20(28-22(21)29)19-7-3-2-6-17(19)13-24/h2-3,6-9,12,14-15,26H,4-5,10-11H2,1H3,(H,27,30). The lowest BCUT2D eigenvalue weighted by molar-refractivity contribution is 0.256. The van der Waals surface area contributed by atoms with E-state index in [0.717, 1.165) is 36.2 Å². The van der Waals surface area contributed by atoms with Crippen molar-refractivity contribution >= 4 is 23.2 Å². The quantitative estimate of drug-likeness (QED) is 0.660. The monoisotopic (exact) mass is 398 g/mol. The van der Waals surface area contributed by atoms with Gasteiger partial charge >= 0.3 is 6.03 Å². The largest absolute Gasteiger partial charge is 0.382 e. The average molecular weight is 398 g/mol. The van der Waals surface area contributed by atoms with Crippen LogP contribution in [0, 0.1) is 18.3 Å². The molecule has 0 aliphatic carbocycles. The fourth-order valence-corrected chi connectivity index (χ4v) is 3.48. The van der Waals surface area contributed by atoms with Crippen LogP contribution in [0.2, 0.25) is 0 Å². The van der Waals surface area contributed by atoms with Crippen LogP contribution >= 0.6 is 0 Å². The molecule has 3 aromatic rings. The Morgan fingerprint density at radius 2 is 2.07 bits per heavy atom. The molecular weight excluding hydrogens is 376 g/mol. The molecule has 0 unspecified atom stereocenters. The number of hydrogen-bond donors (Lipinski definition) is 2. The maximum Gasteiger partial charge on any atom is 0.327 e. The Morgan fingerprint density at radius 1 is 1.20 bits per heavy atom. The van der Waals surface area contributed by atoms with Crippen molar-refractivity contribution in [2.75, 3.05) is 28.6 Å². The highest BCUT2D eigenvalue weighted by Gasteiger charge is 2.23. The van der Waals surface area contributed by atoms with Crippen LogP contribution in [-0.2, 0) is 0 Å². The Balaban J connectivity index is 1.73. The van der Waals surface area contributed by atoms with Crippen LogP contribution in [0.4, 0.5) is 22.0 Å². The van der Waals surface area contributed by atoms with Crippen LogP contribution in [0.1, 0.15) is 24.0 Å². The van der Waals surface area contributed by atoms with Crippen molar-refractivity contribution in [3.05, 3.63) is 66.0 Å². The van der Waals surface area contributed by atoms with E-state index in [2.05, 4.69) is 21.7 Å². The van der Waals surface area contributed by atoms with Crippen LogP contribution in [0.25, 0.3) is 11.3 Å². The summed E-state index contributed by atoms with van der Waals surface area (Å²) in [5.41, 5.74) is 4.35. The summed E-state index contributed by atoms with van der Waals surface area (Å²) in [7, 11) is 0. The first-order valence-corrected chi connectivity index (χ1v) is 9.90. The Kier molecular flexibility index (Phi) is 5.57. The van der Waals surface area contributed by atoms with Crippen LogP contribution in [-0.4, -0.2) is 29.1 Å². The first-order chi connectivity index (χ1) is 14.7. The van der Waals surface area contributed by atoms with Gasteiger partial charge < -0.3 is 10.6 Å². The van der Waals surface area contributed by atoms with Crippen LogP contribution in [0.5, 0.6) is 0 Å². The molecule has 1 aliphatic rings. The summed E-state index contributed by atoms with van der Waals surface area (Å²) < 4.78 is 0. The van der Waals surface area contributed by atoms with E-state index in [1.807, 2.05) is 43.3 Å². The summed E-state index contributed by atoms with van der Waals surface area (Å²) in [6.07, 6.45) is 5.17. The van der Waals surface area contributed by atoms with Crippen molar-refractivity contribution in [3.8, 4) is 17.3 Å². The van der Waals surface area contributed by atoms with Gasteiger partial charge in [0.15, 0.2) is 5.82 Å². The molecule has 0 spiro atoms. The zero-order chi connectivity index (χ0) is 20.9. The number of aryl methyl sites for hydroxylation is 1. The normalized spacial score (nSPS) is 13.3. The molecule has 2 amide bonds. The van der Waals surface area contributed by atoms with Crippen molar-refractivity contribution < 1.29 is 4.79 Å². The van der Waals surface area contributed by atoms with Crippen molar-refractivity contribution in [2.24, 2.45) is 0 Å². The van der Waals surface area contributed by atoms with Gasteiger partial charge in [0.25, 0.3) is 0 Å². The molecule has 1 aromatic carbocycles. The summed E-state index contributed by atoms with van der Waals surface area (Å²) in [6.45, 7) is 3.30. The number of aromatic nitrogens is 2. The molecule has 150 valence electrons. The lowest BCUT2D eigenvalue weighted by atomic mass is 10.0. The number of benzene rings is 1. The van der Waals surface area contributed by atoms with E-state index in [0.29, 0.717) is 29.3 Å². The second-order valence-corrected chi connectivity index (χ2v) is 7.19. The van der Waals surface area contributed by atoms with Crippen LogP contribution in [0.15, 0.2) is 54.9 Å². The minimum Gasteiger partial charge on any atom is -0.382 e. The van der Waals surface area contributed by atoms with Crippen molar-refractivity contribution in [3.63, 3.8) is 0 Å². The van der Waals surface area contributed by atoms with E-state index >= 15 is 0 Å². The van der Waals surface area contributed by atoms with Crippen molar-refractivity contribution in [2.45, 2.75) is 19.8 Å². The smallest absolute Gasteiger partial charge is 0.327 e. The van der Waals surface area contributed by atoms with Crippen molar-refractivity contribution in [1.29, 1.82) is 5.26 Å². The van der Waals surface area contributed by atoms with Crippen LogP contribution in [0.3, 0.4) is 0 Å². The van der Waals surface area contributed by atoms with E-state index in [1.165, 1.54) is 0 Å². The van der Waals surface area contributed by atoms with Crippen molar-refractivity contribution in [1.82, 2.24) is 9.97 Å². The number of urea groups is 1. The molecule has 2 aromatic heterocycles. The topological polar surface area (TPSA) is 93.9 Å². The Morgan fingerprint density at radius 3 is 2.90 bits per heavy atom. The molecule has 7 heteroatoms. The van der Waals surface area contributed by atoms with E-state index < -0.39 is 0 Å². The second kappa shape index (κ2) is 8.62. The molecule has 0 fully saturated rings. The maximum absolute atomic E-state index is 13.1. The highest BCUT2D eigenvalue weighted by atomic mass is 16.2. The molecule has 0 saturated carbocycles. The molecule has 0 atom stereocenters.